The molecule has 1 aliphatic heterocycles. The standard InChI is InChI=1S/C14H18N2O4S/c1-3-11-14(18)16(8-9-21(2,19)20)12-7-5-4-6-10(12)13(17)15-11/h4-7,11H,3,8-9H2,1-2H3,(H,15,17). The lowest BCUT2D eigenvalue weighted by Crippen LogP contribution is -2.46. The molecule has 0 fully saturated rings. The molecule has 0 aromatic heterocycles. The van der Waals surface area contributed by atoms with Crippen LogP contribution in [0.4, 0.5) is 5.69 Å². The Hall–Kier alpha value is -1.89. The fraction of sp³-hybridized carbons (Fsp3) is 0.429. The van der Waals surface area contributed by atoms with Gasteiger partial charge in [-0.25, -0.2) is 8.42 Å². The smallest absolute Gasteiger partial charge is 0.254 e. The summed E-state index contributed by atoms with van der Waals surface area (Å²) in [6.07, 6.45) is 1.58. The minimum Gasteiger partial charge on any atom is -0.340 e. The highest BCUT2D eigenvalue weighted by atomic mass is 32.2. The third-order valence-electron chi connectivity index (χ3n) is 3.40. The van der Waals surface area contributed by atoms with E-state index < -0.39 is 15.9 Å². The third kappa shape index (κ3) is 3.41. The summed E-state index contributed by atoms with van der Waals surface area (Å²) in [6, 6.07) is 6.09. The van der Waals surface area contributed by atoms with Crippen LogP contribution in [0, 0.1) is 0 Å². The molecule has 21 heavy (non-hydrogen) atoms. The van der Waals surface area contributed by atoms with Crippen LogP contribution in [-0.4, -0.2) is 44.8 Å². The highest BCUT2D eigenvalue weighted by Gasteiger charge is 2.32. The van der Waals surface area contributed by atoms with Crippen LogP contribution >= 0.6 is 0 Å². The van der Waals surface area contributed by atoms with Crippen molar-refractivity contribution in [2.45, 2.75) is 19.4 Å². The predicted octanol–water partition coefficient (Wildman–Crippen LogP) is 0.586. The summed E-state index contributed by atoms with van der Waals surface area (Å²) in [5.41, 5.74) is 0.843. The molecule has 0 radical (unpaired) electrons. The van der Waals surface area contributed by atoms with E-state index in [1.54, 1.807) is 31.2 Å². The number of benzene rings is 1. The number of fused-ring (bicyclic) bond motifs is 1. The number of hydrogen-bond donors (Lipinski definition) is 1. The quantitative estimate of drug-likeness (QED) is 0.882. The first-order valence-electron chi connectivity index (χ1n) is 6.72. The number of para-hydroxylation sites is 1. The van der Waals surface area contributed by atoms with Crippen molar-refractivity contribution in [1.29, 1.82) is 0 Å². The molecule has 0 aliphatic carbocycles. The van der Waals surface area contributed by atoms with Crippen LogP contribution in [-0.2, 0) is 14.6 Å². The Bertz CT molecular complexity index is 669. The second kappa shape index (κ2) is 5.85. The first-order chi connectivity index (χ1) is 9.83. The van der Waals surface area contributed by atoms with E-state index in [4.69, 9.17) is 0 Å². The van der Waals surface area contributed by atoms with E-state index in [2.05, 4.69) is 5.32 Å². The van der Waals surface area contributed by atoms with Gasteiger partial charge in [-0.1, -0.05) is 19.1 Å². The predicted molar refractivity (Wildman–Crippen MR) is 80.1 cm³/mol. The van der Waals surface area contributed by atoms with E-state index in [1.165, 1.54) is 4.90 Å². The van der Waals surface area contributed by atoms with E-state index >= 15 is 0 Å². The summed E-state index contributed by atoms with van der Waals surface area (Å²) >= 11 is 0. The molecular weight excluding hydrogens is 292 g/mol. The average molecular weight is 310 g/mol. The van der Waals surface area contributed by atoms with Crippen molar-refractivity contribution in [3.63, 3.8) is 0 Å². The van der Waals surface area contributed by atoms with Crippen LogP contribution < -0.4 is 10.2 Å². The first kappa shape index (κ1) is 15.5. The molecular formula is C14H18N2O4S. The minimum atomic E-state index is -3.20. The molecule has 0 saturated carbocycles. The molecule has 1 heterocycles. The highest BCUT2D eigenvalue weighted by molar-refractivity contribution is 7.90. The largest absolute Gasteiger partial charge is 0.340 e. The first-order valence-corrected chi connectivity index (χ1v) is 8.78. The fourth-order valence-corrected chi connectivity index (χ4v) is 2.78. The number of anilines is 1. The third-order valence-corrected chi connectivity index (χ3v) is 4.33. The van der Waals surface area contributed by atoms with Gasteiger partial charge in [0.1, 0.15) is 15.9 Å². The number of amides is 2. The van der Waals surface area contributed by atoms with Crippen LogP contribution in [0.2, 0.25) is 0 Å². The van der Waals surface area contributed by atoms with E-state index in [0.717, 1.165) is 6.26 Å². The number of nitrogens with one attached hydrogen (secondary N) is 1. The normalized spacial score (nSPS) is 19.0. The van der Waals surface area contributed by atoms with Crippen LogP contribution in [0.3, 0.4) is 0 Å². The SMILES string of the molecule is CCC1NC(=O)c2ccccc2N(CCS(C)(=O)=O)C1=O. The van der Waals surface area contributed by atoms with E-state index in [0.29, 0.717) is 17.7 Å². The Morgan fingerprint density at radius 2 is 1.90 bits per heavy atom. The second-order valence-electron chi connectivity index (χ2n) is 5.07. The topological polar surface area (TPSA) is 83.6 Å². The zero-order chi connectivity index (χ0) is 15.6. The molecule has 1 atom stereocenters. The van der Waals surface area contributed by atoms with Crippen LogP contribution in [0.1, 0.15) is 23.7 Å². The number of sulfone groups is 1. The molecule has 2 amide bonds. The lowest BCUT2D eigenvalue weighted by atomic mass is 10.1. The molecule has 114 valence electrons. The van der Waals surface area contributed by atoms with Gasteiger partial charge in [-0.15, -0.1) is 0 Å². The van der Waals surface area contributed by atoms with Crippen molar-refractivity contribution < 1.29 is 18.0 Å². The molecule has 0 bridgehead atoms. The number of carbonyl (C=O) groups excluding carboxylic acids is 2. The van der Waals surface area contributed by atoms with E-state index in [9.17, 15) is 18.0 Å². The van der Waals surface area contributed by atoms with Crippen LogP contribution in [0.15, 0.2) is 24.3 Å². The number of hydrogen-bond acceptors (Lipinski definition) is 4. The molecule has 2 rings (SSSR count). The van der Waals surface area contributed by atoms with E-state index in [-0.39, 0.29) is 24.1 Å². The Kier molecular flexibility index (Phi) is 4.32. The highest BCUT2D eigenvalue weighted by Crippen LogP contribution is 2.24. The maximum absolute atomic E-state index is 12.5. The summed E-state index contributed by atoms with van der Waals surface area (Å²) in [4.78, 5) is 26.1. The Labute approximate surface area is 124 Å². The van der Waals surface area contributed by atoms with Gasteiger partial charge in [0, 0.05) is 12.8 Å². The molecule has 0 saturated heterocycles. The van der Waals surface area contributed by atoms with Gasteiger partial charge < -0.3 is 10.2 Å². The molecule has 1 aromatic rings. The van der Waals surface area contributed by atoms with Gasteiger partial charge in [0.2, 0.25) is 5.91 Å². The van der Waals surface area contributed by atoms with Gasteiger partial charge in [0.25, 0.3) is 5.91 Å². The molecule has 1 unspecified atom stereocenters. The number of nitrogens with zero attached hydrogens (tertiary/aromatic N) is 1. The monoisotopic (exact) mass is 310 g/mol. The summed E-state index contributed by atoms with van der Waals surface area (Å²) in [6.45, 7) is 1.84. The fourth-order valence-electron chi connectivity index (χ4n) is 2.27. The summed E-state index contributed by atoms with van der Waals surface area (Å²) in [7, 11) is -3.20. The maximum atomic E-state index is 12.5. The maximum Gasteiger partial charge on any atom is 0.254 e. The van der Waals surface area contributed by atoms with E-state index in [1.807, 2.05) is 0 Å². The van der Waals surface area contributed by atoms with Crippen molar-refractivity contribution in [1.82, 2.24) is 5.32 Å². The van der Waals surface area contributed by atoms with Gasteiger partial charge in [0.15, 0.2) is 0 Å². The van der Waals surface area contributed by atoms with Gasteiger partial charge in [-0.3, -0.25) is 9.59 Å². The number of carbonyl (C=O) groups is 2. The molecule has 6 nitrogen and oxygen atoms in total. The Morgan fingerprint density at radius 1 is 1.24 bits per heavy atom. The summed E-state index contributed by atoms with van der Waals surface area (Å²) < 4.78 is 22.7. The van der Waals surface area contributed by atoms with Crippen LogP contribution in [0.5, 0.6) is 0 Å². The molecule has 1 aliphatic rings. The molecule has 0 spiro atoms. The molecule has 1 aromatic carbocycles. The van der Waals surface area contributed by atoms with Gasteiger partial charge in [-0.05, 0) is 18.6 Å². The van der Waals surface area contributed by atoms with Crippen molar-refractivity contribution in [3.05, 3.63) is 29.8 Å². The Balaban J connectivity index is 2.44. The van der Waals surface area contributed by atoms with Crippen molar-refractivity contribution in [2.24, 2.45) is 0 Å². The zero-order valence-electron chi connectivity index (χ0n) is 12.0. The minimum absolute atomic E-state index is 0.0418. The van der Waals surface area contributed by atoms with Gasteiger partial charge in [0.05, 0.1) is 17.0 Å². The zero-order valence-corrected chi connectivity index (χ0v) is 12.8. The Morgan fingerprint density at radius 3 is 2.52 bits per heavy atom. The van der Waals surface area contributed by atoms with Crippen molar-refractivity contribution in [2.75, 3.05) is 23.5 Å². The second-order valence-corrected chi connectivity index (χ2v) is 7.33. The van der Waals surface area contributed by atoms with Gasteiger partial charge >= 0.3 is 0 Å². The van der Waals surface area contributed by atoms with Crippen molar-refractivity contribution in [3.8, 4) is 0 Å². The molecule has 7 heteroatoms. The summed E-state index contributed by atoms with van der Waals surface area (Å²) in [5, 5.41) is 2.68. The number of rotatable bonds is 4. The summed E-state index contributed by atoms with van der Waals surface area (Å²) in [5.74, 6) is -0.732. The lowest BCUT2D eigenvalue weighted by Gasteiger charge is -2.24. The van der Waals surface area contributed by atoms with Crippen LogP contribution in [0.25, 0.3) is 0 Å². The molecule has 1 N–H and O–H groups in total. The average Bonchev–Trinajstić information content (AvgIpc) is 2.52. The van der Waals surface area contributed by atoms with Gasteiger partial charge in [-0.2, -0.15) is 0 Å². The van der Waals surface area contributed by atoms with Crippen molar-refractivity contribution >= 4 is 27.3 Å². The lowest BCUT2D eigenvalue weighted by molar-refractivity contribution is -0.120.